The molecule has 0 fully saturated rings. The number of amides is 1. The van der Waals surface area contributed by atoms with Crippen LogP contribution in [0.15, 0.2) is 54.9 Å². The van der Waals surface area contributed by atoms with Gasteiger partial charge in [-0.1, -0.05) is 13.0 Å². The summed E-state index contributed by atoms with van der Waals surface area (Å²) in [4.78, 5) is 23.7. The number of Topliss-reactive ketones (excluding diaryl/α,β-unsaturated/α-hetero) is 1. The molecule has 0 aliphatic heterocycles. The third-order valence-electron chi connectivity index (χ3n) is 3.61. The molecular weight excluding hydrogens is 334 g/mol. The van der Waals surface area contributed by atoms with Crippen LogP contribution in [0.5, 0.6) is 5.75 Å². The molecule has 1 aromatic heterocycles. The Labute approximate surface area is 149 Å². The summed E-state index contributed by atoms with van der Waals surface area (Å²) in [5.74, 6) is 0.291. The van der Waals surface area contributed by atoms with Crippen molar-refractivity contribution in [3.8, 4) is 11.4 Å². The van der Waals surface area contributed by atoms with Crippen molar-refractivity contribution in [2.24, 2.45) is 0 Å². The number of anilines is 1. The van der Waals surface area contributed by atoms with Crippen molar-refractivity contribution in [3.05, 3.63) is 60.4 Å². The molecule has 0 aliphatic rings. The van der Waals surface area contributed by atoms with E-state index in [-0.39, 0.29) is 18.3 Å². The van der Waals surface area contributed by atoms with E-state index in [9.17, 15) is 9.59 Å². The highest BCUT2D eigenvalue weighted by atomic mass is 16.5. The molecule has 26 heavy (non-hydrogen) atoms. The number of carbonyl (C=O) groups is 2. The first-order valence-corrected chi connectivity index (χ1v) is 8.05. The number of benzene rings is 2. The Hall–Kier alpha value is -3.55. The van der Waals surface area contributed by atoms with Gasteiger partial charge in [0.1, 0.15) is 12.1 Å². The van der Waals surface area contributed by atoms with Crippen molar-refractivity contribution < 1.29 is 14.3 Å². The maximum absolute atomic E-state index is 12.1. The Morgan fingerprint density at radius 2 is 1.96 bits per heavy atom. The monoisotopic (exact) mass is 351 g/mol. The van der Waals surface area contributed by atoms with Crippen molar-refractivity contribution in [1.29, 1.82) is 0 Å². The predicted molar refractivity (Wildman–Crippen MR) is 94.3 cm³/mol. The molecule has 1 heterocycles. The van der Waals surface area contributed by atoms with Gasteiger partial charge in [-0.2, -0.15) is 0 Å². The SMILES string of the molecule is CCC(=O)c1ccc(OCC(=O)Nc2cccc(-n3cnnn3)c2)cc1. The molecule has 1 N–H and O–H groups in total. The number of nitrogens with one attached hydrogen (secondary N) is 1. The third-order valence-corrected chi connectivity index (χ3v) is 3.61. The fraction of sp³-hybridized carbons (Fsp3) is 0.167. The summed E-state index contributed by atoms with van der Waals surface area (Å²) in [6.07, 6.45) is 1.92. The van der Waals surface area contributed by atoms with Crippen LogP contribution in [0.1, 0.15) is 23.7 Å². The van der Waals surface area contributed by atoms with Crippen LogP contribution in [0.4, 0.5) is 5.69 Å². The zero-order valence-electron chi connectivity index (χ0n) is 14.1. The maximum atomic E-state index is 12.1. The lowest BCUT2D eigenvalue weighted by molar-refractivity contribution is -0.118. The molecule has 2 aromatic carbocycles. The van der Waals surface area contributed by atoms with E-state index >= 15 is 0 Å². The second kappa shape index (κ2) is 8.02. The first-order chi connectivity index (χ1) is 12.7. The van der Waals surface area contributed by atoms with Crippen LogP contribution in [-0.2, 0) is 4.79 Å². The minimum Gasteiger partial charge on any atom is -0.484 e. The lowest BCUT2D eigenvalue weighted by atomic mass is 10.1. The molecule has 1 amide bonds. The topological polar surface area (TPSA) is 99.0 Å². The largest absolute Gasteiger partial charge is 0.484 e. The molecule has 0 aliphatic carbocycles. The highest BCUT2D eigenvalue weighted by molar-refractivity contribution is 5.96. The van der Waals surface area contributed by atoms with Crippen LogP contribution >= 0.6 is 0 Å². The van der Waals surface area contributed by atoms with Crippen molar-refractivity contribution in [2.75, 3.05) is 11.9 Å². The molecule has 3 rings (SSSR count). The zero-order valence-corrected chi connectivity index (χ0v) is 14.1. The van der Waals surface area contributed by atoms with Gasteiger partial charge >= 0.3 is 0 Å². The average molecular weight is 351 g/mol. The van der Waals surface area contributed by atoms with E-state index in [1.807, 2.05) is 13.0 Å². The van der Waals surface area contributed by atoms with Crippen LogP contribution in [0.2, 0.25) is 0 Å². The molecule has 8 heteroatoms. The number of tetrazole rings is 1. The molecule has 132 valence electrons. The van der Waals surface area contributed by atoms with E-state index in [1.54, 1.807) is 42.5 Å². The van der Waals surface area contributed by atoms with Gasteiger partial charge in [0.15, 0.2) is 12.4 Å². The van der Waals surface area contributed by atoms with Crippen molar-refractivity contribution in [1.82, 2.24) is 20.2 Å². The smallest absolute Gasteiger partial charge is 0.262 e. The van der Waals surface area contributed by atoms with E-state index in [0.29, 0.717) is 23.4 Å². The fourth-order valence-corrected chi connectivity index (χ4v) is 2.29. The standard InChI is InChI=1S/C18H17N5O3/c1-2-17(24)13-6-8-16(9-7-13)26-11-18(25)20-14-4-3-5-15(10-14)23-12-19-21-22-23/h3-10,12H,2,11H2,1H3,(H,20,25). The first-order valence-electron chi connectivity index (χ1n) is 8.05. The van der Waals surface area contributed by atoms with Gasteiger partial charge < -0.3 is 10.1 Å². The first kappa shape index (κ1) is 17.3. The fourth-order valence-electron chi connectivity index (χ4n) is 2.29. The van der Waals surface area contributed by atoms with E-state index in [1.165, 1.54) is 11.0 Å². The average Bonchev–Trinajstić information content (AvgIpc) is 3.21. The second-order valence-electron chi connectivity index (χ2n) is 5.44. The zero-order chi connectivity index (χ0) is 18.4. The van der Waals surface area contributed by atoms with Gasteiger partial charge in [-0.25, -0.2) is 4.68 Å². The number of hydrogen-bond acceptors (Lipinski definition) is 6. The molecule has 0 radical (unpaired) electrons. The van der Waals surface area contributed by atoms with Crippen LogP contribution in [0.25, 0.3) is 5.69 Å². The minimum atomic E-state index is -0.299. The Bertz CT molecular complexity index is 891. The van der Waals surface area contributed by atoms with Crippen LogP contribution in [0.3, 0.4) is 0 Å². The van der Waals surface area contributed by atoms with Crippen LogP contribution in [-0.4, -0.2) is 38.5 Å². The van der Waals surface area contributed by atoms with E-state index in [2.05, 4.69) is 20.8 Å². The lowest BCUT2D eigenvalue weighted by Gasteiger charge is -2.09. The summed E-state index contributed by atoms with van der Waals surface area (Å²) < 4.78 is 6.94. The molecule has 0 spiro atoms. The van der Waals surface area contributed by atoms with Gasteiger partial charge in [-0.05, 0) is 52.9 Å². The maximum Gasteiger partial charge on any atom is 0.262 e. The van der Waals surface area contributed by atoms with Gasteiger partial charge in [-0.15, -0.1) is 5.10 Å². The predicted octanol–water partition coefficient (Wildman–Crippen LogP) is 2.27. The Morgan fingerprint density at radius 3 is 2.65 bits per heavy atom. The number of ketones is 1. The molecule has 0 unspecified atom stereocenters. The summed E-state index contributed by atoms with van der Waals surface area (Å²) >= 11 is 0. The Morgan fingerprint density at radius 1 is 1.15 bits per heavy atom. The summed E-state index contributed by atoms with van der Waals surface area (Å²) in [7, 11) is 0. The van der Waals surface area contributed by atoms with Crippen LogP contribution in [0, 0.1) is 0 Å². The van der Waals surface area contributed by atoms with Crippen molar-refractivity contribution in [2.45, 2.75) is 13.3 Å². The van der Waals surface area contributed by atoms with Crippen LogP contribution < -0.4 is 10.1 Å². The van der Waals surface area contributed by atoms with Crippen molar-refractivity contribution in [3.63, 3.8) is 0 Å². The number of ether oxygens (including phenoxy) is 1. The summed E-state index contributed by atoms with van der Waals surface area (Å²) in [6.45, 7) is 1.67. The number of carbonyl (C=O) groups excluding carboxylic acids is 2. The van der Waals surface area contributed by atoms with E-state index in [0.717, 1.165) is 5.69 Å². The second-order valence-corrected chi connectivity index (χ2v) is 5.44. The third kappa shape index (κ3) is 4.29. The quantitative estimate of drug-likeness (QED) is 0.656. The summed E-state index contributed by atoms with van der Waals surface area (Å²) in [5, 5.41) is 13.7. The number of aromatic nitrogens is 4. The van der Waals surface area contributed by atoms with Gasteiger partial charge in [-0.3, -0.25) is 9.59 Å². The molecular formula is C18H17N5O3. The van der Waals surface area contributed by atoms with Gasteiger partial charge in [0, 0.05) is 17.7 Å². The highest BCUT2D eigenvalue weighted by Crippen LogP contribution is 2.15. The van der Waals surface area contributed by atoms with E-state index in [4.69, 9.17) is 4.74 Å². The number of rotatable bonds is 7. The molecule has 0 saturated carbocycles. The molecule has 3 aromatic rings. The summed E-state index contributed by atoms with van der Waals surface area (Å²) in [6, 6.07) is 13.8. The minimum absolute atomic E-state index is 0.0664. The molecule has 0 atom stereocenters. The number of nitrogens with zero attached hydrogens (tertiary/aromatic N) is 4. The van der Waals surface area contributed by atoms with Crippen molar-refractivity contribution >= 4 is 17.4 Å². The Kier molecular flexibility index (Phi) is 5.33. The van der Waals surface area contributed by atoms with Gasteiger partial charge in [0.05, 0.1) is 5.69 Å². The normalized spacial score (nSPS) is 10.3. The van der Waals surface area contributed by atoms with E-state index < -0.39 is 0 Å². The van der Waals surface area contributed by atoms with Gasteiger partial charge in [0.2, 0.25) is 0 Å². The molecule has 0 saturated heterocycles. The molecule has 8 nitrogen and oxygen atoms in total. The Balaban J connectivity index is 1.56. The number of hydrogen-bond donors (Lipinski definition) is 1. The molecule has 0 bridgehead atoms. The highest BCUT2D eigenvalue weighted by Gasteiger charge is 2.07. The lowest BCUT2D eigenvalue weighted by Crippen LogP contribution is -2.20. The van der Waals surface area contributed by atoms with Gasteiger partial charge in [0.25, 0.3) is 5.91 Å². The summed E-state index contributed by atoms with van der Waals surface area (Å²) in [5.41, 5.74) is 1.96.